The Hall–Kier alpha value is -3.17. The SMILES string of the molecule is C=C[C@@H]1C[C@]1(NC(=O)[C@@H]1CN(C)CC[C@H]1c1ccccc1)C(=O)NS(=O)(=O)c1ccccc1NC. The van der Waals surface area contributed by atoms with E-state index in [4.69, 9.17) is 0 Å². The number of hydrogen-bond acceptors (Lipinski definition) is 6. The molecule has 8 nitrogen and oxygen atoms in total. The molecule has 1 aliphatic carbocycles. The summed E-state index contributed by atoms with van der Waals surface area (Å²) in [5, 5.41) is 5.76. The van der Waals surface area contributed by atoms with Crippen molar-refractivity contribution in [1.82, 2.24) is 14.9 Å². The number of para-hydroxylation sites is 1. The van der Waals surface area contributed by atoms with E-state index in [0.717, 1.165) is 18.5 Å². The Kier molecular flexibility index (Phi) is 7.00. The number of sulfonamides is 1. The van der Waals surface area contributed by atoms with Crippen molar-refractivity contribution in [2.45, 2.75) is 29.2 Å². The van der Waals surface area contributed by atoms with E-state index in [1.165, 1.54) is 6.07 Å². The van der Waals surface area contributed by atoms with E-state index in [2.05, 4.69) is 26.8 Å². The van der Waals surface area contributed by atoms with E-state index in [1.807, 2.05) is 37.4 Å². The van der Waals surface area contributed by atoms with Crippen molar-refractivity contribution in [3.8, 4) is 0 Å². The molecular weight excluding hydrogens is 464 g/mol. The number of likely N-dealkylation sites (tertiary alicyclic amines) is 1. The van der Waals surface area contributed by atoms with E-state index < -0.39 is 21.5 Å². The van der Waals surface area contributed by atoms with Crippen LogP contribution in [0.3, 0.4) is 0 Å². The molecule has 1 aliphatic heterocycles. The zero-order valence-electron chi connectivity index (χ0n) is 20.0. The molecule has 3 N–H and O–H groups in total. The third-order valence-electron chi connectivity index (χ3n) is 7.10. The molecule has 0 radical (unpaired) electrons. The quantitative estimate of drug-likeness (QED) is 0.484. The van der Waals surface area contributed by atoms with Crippen LogP contribution >= 0.6 is 0 Å². The number of amides is 2. The molecule has 2 aromatic carbocycles. The zero-order valence-corrected chi connectivity index (χ0v) is 20.8. The number of anilines is 1. The van der Waals surface area contributed by atoms with E-state index in [1.54, 1.807) is 31.3 Å². The minimum Gasteiger partial charge on any atom is -0.387 e. The van der Waals surface area contributed by atoms with Gasteiger partial charge < -0.3 is 15.5 Å². The van der Waals surface area contributed by atoms with Crippen LogP contribution in [0.1, 0.15) is 24.3 Å². The lowest BCUT2D eigenvalue weighted by Crippen LogP contribution is -2.55. The van der Waals surface area contributed by atoms with Gasteiger partial charge in [-0.2, -0.15) is 0 Å². The first-order valence-corrected chi connectivity index (χ1v) is 13.2. The van der Waals surface area contributed by atoms with Gasteiger partial charge in [0.1, 0.15) is 10.4 Å². The summed E-state index contributed by atoms with van der Waals surface area (Å²) in [7, 11) is -0.576. The smallest absolute Gasteiger partial charge is 0.266 e. The molecule has 2 aromatic rings. The van der Waals surface area contributed by atoms with Crippen LogP contribution in [-0.2, 0) is 19.6 Å². The molecule has 0 aromatic heterocycles. The van der Waals surface area contributed by atoms with E-state index in [-0.39, 0.29) is 28.6 Å². The van der Waals surface area contributed by atoms with Gasteiger partial charge in [0.15, 0.2) is 0 Å². The minimum atomic E-state index is -4.16. The highest BCUT2D eigenvalue weighted by Crippen LogP contribution is 2.46. The first-order valence-electron chi connectivity index (χ1n) is 11.7. The number of nitrogens with zero attached hydrogens (tertiary/aromatic N) is 1. The highest BCUT2D eigenvalue weighted by atomic mass is 32.2. The number of hydrogen-bond donors (Lipinski definition) is 3. The van der Waals surface area contributed by atoms with Gasteiger partial charge in [-0.1, -0.05) is 48.5 Å². The molecule has 2 amide bonds. The standard InChI is InChI=1S/C26H32N4O4S/c1-4-19-16-26(19,25(32)29-35(33,34)23-13-9-8-12-22(23)27-2)28-24(31)21-17-30(3)15-14-20(21)18-10-6-5-7-11-18/h4-13,19-21,27H,1,14-17H2,2-3H3,(H,28,31)(H,29,32)/t19-,20+,21-,26-/m1/s1. The maximum atomic E-state index is 13.6. The van der Waals surface area contributed by atoms with E-state index in [0.29, 0.717) is 18.7 Å². The van der Waals surface area contributed by atoms with E-state index in [9.17, 15) is 18.0 Å². The van der Waals surface area contributed by atoms with Crippen LogP contribution in [0.25, 0.3) is 0 Å². The Morgan fingerprint density at radius 2 is 1.80 bits per heavy atom. The van der Waals surface area contributed by atoms with Crippen LogP contribution in [0.2, 0.25) is 0 Å². The third kappa shape index (κ3) is 4.97. The summed E-state index contributed by atoms with van der Waals surface area (Å²) in [6.45, 7) is 5.20. The van der Waals surface area contributed by atoms with Gasteiger partial charge in [-0.15, -0.1) is 6.58 Å². The van der Waals surface area contributed by atoms with Crippen molar-refractivity contribution in [2.24, 2.45) is 11.8 Å². The summed E-state index contributed by atoms with van der Waals surface area (Å²) in [4.78, 5) is 29.0. The molecular formula is C26H32N4O4S. The zero-order chi connectivity index (χ0) is 25.2. The van der Waals surface area contributed by atoms with Crippen LogP contribution in [0.5, 0.6) is 0 Å². The summed E-state index contributed by atoms with van der Waals surface area (Å²) in [6, 6.07) is 16.2. The van der Waals surface area contributed by atoms with Crippen LogP contribution in [-0.4, -0.2) is 57.9 Å². The molecule has 1 saturated carbocycles. The molecule has 2 aliphatic rings. The fourth-order valence-corrected chi connectivity index (χ4v) is 6.26. The maximum Gasteiger partial charge on any atom is 0.266 e. The van der Waals surface area contributed by atoms with Crippen molar-refractivity contribution < 1.29 is 18.0 Å². The average Bonchev–Trinajstić information content (AvgIpc) is 3.58. The topological polar surface area (TPSA) is 108 Å². The highest BCUT2D eigenvalue weighted by Gasteiger charge is 2.61. The van der Waals surface area contributed by atoms with Gasteiger partial charge in [-0.3, -0.25) is 9.59 Å². The maximum absolute atomic E-state index is 13.6. The predicted molar refractivity (Wildman–Crippen MR) is 135 cm³/mol. The monoisotopic (exact) mass is 496 g/mol. The fraction of sp³-hybridized carbons (Fsp3) is 0.385. The summed E-state index contributed by atoms with van der Waals surface area (Å²) in [6.07, 6.45) is 2.71. The second kappa shape index (κ2) is 9.83. The van der Waals surface area contributed by atoms with Crippen molar-refractivity contribution >= 4 is 27.5 Å². The normalized spacial score (nSPS) is 26.4. The predicted octanol–water partition coefficient (Wildman–Crippen LogP) is 2.33. The molecule has 1 saturated heterocycles. The molecule has 0 bridgehead atoms. The van der Waals surface area contributed by atoms with Crippen molar-refractivity contribution in [3.05, 3.63) is 72.8 Å². The van der Waals surface area contributed by atoms with Gasteiger partial charge >= 0.3 is 0 Å². The molecule has 2 fully saturated rings. The van der Waals surface area contributed by atoms with Crippen molar-refractivity contribution in [3.63, 3.8) is 0 Å². The Balaban J connectivity index is 1.56. The molecule has 4 rings (SSSR count). The lowest BCUT2D eigenvalue weighted by molar-refractivity contribution is -0.133. The van der Waals surface area contributed by atoms with Gasteiger partial charge in [-0.25, -0.2) is 13.1 Å². The largest absolute Gasteiger partial charge is 0.387 e. The number of nitrogens with one attached hydrogen (secondary N) is 3. The highest BCUT2D eigenvalue weighted by molar-refractivity contribution is 7.90. The molecule has 186 valence electrons. The van der Waals surface area contributed by atoms with Crippen molar-refractivity contribution in [1.29, 1.82) is 0 Å². The van der Waals surface area contributed by atoms with Crippen LogP contribution in [0, 0.1) is 11.8 Å². The van der Waals surface area contributed by atoms with Gasteiger partial charge in [0.05, 0.1) is 11.6 Å². The Labute approximate surface area is 206 Å². The molecule has 0 unspecified atom stereocenters. The first-order chi connectivity index (χ1) is 16.7. The summed E-state index contributed by atoms with van der Waals surface area (Å²) in [5.74, 6) is -1.70. The summed E-state index contributed by atoms with van der Waals surface area (Å²) >= 11 is 0. The number of piperidine rings is 1. The second-order valence-electron chi connectivity index (χ2n) is 9.36. The fourth-order valence-electron chi connectivity index (χ4n) is 5.00. The lowest BCUT2D eigenvalue weighted by atomic mass is 9.80. The van der Waals surface area contributed by atoms with Gasteiger partial charge in [-0.05, 0) is 50.0 Å². The summed E-state index contributed by atoms with van der Waals surface area (Å²) in [5.41, 5.74) is 0.122. The van der Waals surface area contributed by atoms with Crippen molar-refractivity contribution in [2.75, 3.05) is 32.5 Å². The lowest BCUT2D eigenvalue weighted by Gasteiger charge is -2.37. The Morgan fingerprint density at radius 1 is 1.11 bits per heavy atom. The molecule has 0 spiro atoms. The van der Waals surface area contributed by atoms with Crippen LogP contribution in [0.15, 0.2) is 72.1 Å². The number of carbonyl (C=O) groups is 2. The Morgan fingerprint density at radius 3 is 2.46 bits per heavy atom. The number of carbonyl (C=O) groups excluding carboxylic acids is 2. The van der Waals surface area contributed by atoms with E-state index >= 15 is 0 Å². The average molecular weight is 497 g/mol. The van der Waals surface area contributed by atoms with Crippen LogP contribution in [0.4, 0.5) is 5.69 Å². The second-order valence-corrected chi connectivity index (χ2v) is 11.0. The van der Waals surface area contributed by atoms with Gasteiger partial charge in [0.25, 0.3) is 15.9 Å². The first kappa shape index (κ1) is 24.9. The summed E-state index contributed by atoms with van der Waals surface area (Å²) < 4.78 is 28.3. The molecule has 35 heavy (non-hydrogen) atoms. The minimum absolute atomic E-state index is 0.0136. The van der Waals surface area contributed by atoms with Gasteiger partial charge in [0, 0.05) is 19.5 Å². The number of benzene rings is 2. The van der Waals surface area contributed by atoms with Gasteiger partial charge in [0.2, 0.25) is 5.91 Å². The third-order valence-corrected chi connectivity index (χ3v) is 8.49. The molecule has 9 heteroatoms. The number of rotatable bonds is 8. The Bertz CT molecular complexity index is 1220. The van der Waals surface area contributed by atoms with Crippen LogP contribution < -0.4 is 15.4 Å². The molecule has 1 heterocycles. The molecule has 4 atom stereocenters.